The topological polar surface area (TPSA) is 26.0 Å². The molecule has 0 aromatic heterocycles. The van der Waals surface area contributed by atoms with E-state index in [0.29, 0.717) is 10.2 Å². The van der Waals surface area contributed by atoms with Gasteiger partial charge in [0.1, 0.15) is 0 Å². The summed E-state index contributed by atoms with van der Waals surface area (Å²) in [5.41, 5.74) is 6.37. The minimum Gasteiger partial charge on any atom is -0.330 e. The predicted octanol–water partition coefficient (Wildman–Crippen LogP) is 2.65. The molecule has 0 amide bonds. The Bertz CT molecular complexity index is 196. The van der Waals surface area contributed by atoms with E-state index in [0.717, 1.165) is 12.5 Å². The molecule has 76 valence electrons. The Labute approximate surface area is 85.8 Å². The van der Waals surface area contributed by atoms with E-state index in [4.69, 9.17) is 5.73 Å². The third kappa shape index (κ3) is 1.63. The van der Waals surface area contributed by atoms with Crippen LogP contribution in [-0.2, 0) is 0 Å². The van der Waals surface area contributed by atoms with Crippen LogP contribution in [0.2, 0.25) is 0 Å². The van der Waals surface area contributed by atoms with E-state index >= 15 is 0 Å². The van der Waals surface area contributed by atoms with E-state index in [-0.39, 0.29) is 0 Å². The maximum atomic E-state index is 5.70. The van der Waals surface area contributed by atoms with Crippen LogP contribution in [0.4, 0.5) is 0 Å². The smallest absolute Gasteiger partial charge is 0.0137 e. The van der Waals surface area contributed by atoms with E-state index in [1.165, 1.54) is 31.4 Å². The normalized spacial score (nSPS) is 34.8. The second kappa shape index (κ2) is 3.16. The number of thioether (sulfide) groups is 1. The van der Waals surface area contributed by atoms with Crippen LogP contribution in [0.5, 0.6) is 0 Å². The Morgan fingerprint density at radius 3 is 2.46 bits per heavy atom. The Hall–Kier alpha value is 0.310. The molecule has 13 heavy (non-hydrogen) atoms. The summed E-state index contributed by atoms with van der Waals surface area (Å²) in [6.07, 6.45) is 5.58. The fraction of sp³-hybridized carbons (Fsp3) is 1.00. The second-order valence-corrected chi connectivity index (χ2v) is 6.94. The van der Waals surface area contributed by atoms with E-state index in [9.17, 15) is 0 Å². The maximum Gasteiger partial charge on any atom is 0.0137 e. The molecule has 2 aliphatic rings. The summed E-state index contributed by atoms with van der Waals surface area (Å²) in [6.45, 7) is 5.73. The molecule has 1 saturated heterocycles. The van der Waals surface area contributed by atoms with Crippen LogP contribution in [0.15, 0.2) is 0 Å². The summed E-state index contributed by atoms with van der Waals surface area (Å²) in [6, 6.07) is 0. The number of hydrogen-bond donors (Lipinski definition) is 1. The molecule has 2 N–H and O–H groups in total. The molecular weight excluding hydrogens is 178 g/mol. The number of nitrogens with two attached hydrogens (primary N) is 1. The van der Waals surface area contributed by atoms with Gasteiger partial charge in [0, 0.05) is 4.75 Å². The lowest BCUT2D eigenvalue weighted by atomic mass is 9.77. The van der Waals surface area contributed by atoms with Crippen molar-refractivity contribution in [2.75, 3.05) is 12.3 Å². The molecule has 1 saturated carbocycles. The zero-order valence-electron chi connectivity index (χ0n) is 8.81. The lowest BCUT2D eigenvalue weighted by Crippen LogP contribution is -2.31. The summed E-state index contributed by atoms with van der Waals surface area (Å²) in [7, 11) is 0. The molecule has 0 aromatic carbocycles. The average Bonchev–Trinajstić information content (AvgIpc) is 2.71. The minimum atomic E-state index is 0.520. The highest BCUT2D eigenvalue weighted by Gasteiger charge is 2.55. The lowest BCUT2D eigenvalue weighted by Gasteiger charge is -2.33. The van der Waals surface area contributed by atoms with Gasteiger partial charge in [-0.05, 0) is 49.3 Å². The Balaban J connectivity index is 2.07. The van der Waals surface area contributed by atoms with Crippen molar-refractivity contribution in [3.05, 3.63) is 0 Å². The van der Waals surface area contributed by atoms with Crippen molar-refractivity contribution in [1.29, 1.82) is 0 Å². The minimum absolute atomic E-state index is 0.520. The van der Waals surface area contributed by atoms with E-state index in [2.05, 4.69) is 25.6 Å². The molecule has 1 aliphatic heterocycles. The molecule has 0 spiro atoms. The molecule has 1 nitrogen and oxygen atoms in total. The van der Waals surface area contributed by atoms with E-state index < -0.39 is 0 Å². The largest absolute Gasteiger partial charge is 0.330 e. The molecular formula is C11H21NS. The maximum absolute atomic E-state index is 5.70. The monoisotopic (exact) mass is 199 g/mol. The van der Waals surface area contributed by atoms with E-state index in [1.54, 1.807) is 0 Å². The molecule has 1 atom stereocenters. The van der Waals surface area contributed by atoms with Crippen molar-refractivity contribution in [3.8, 4) is 0 Å². The lowest BCUT2D eigenvalue weighted by molar-refractivity contribution is 0.248. The molecule has 1 unspecified atom stereocenters. The Kier molecular flexibility index (Phi) is 2.40. The van der Waals surface area contributed by atoms with Crippen molar-refractivity contribution in [1.82, 2.24) is 0 Å². The van der Waals surface area contributed by atoms with Crippen molar-refractivity contribution in [2.24, 2.45) is 17.1 Å². The van der Waals surface area contributed by atoms with Gasteiger partial charge in [0.15, 0.2) is 0 Å². The first-order valence-corrected chi connectivity index (χ1v) is 6.43. The van der Waals surface area contributed by atoms with Gasteiger partial charge in [0.2, 0.25) is 0 Å². The highest BCUT2D eigenvalue weighted by atomic mass is 32.2. The van der Waals surface area contributed by atoms with Gasteiger partial charge in [-0.15, -0.1) is 0 Å². The number of hydrogen-bond acceptors (Lipinski definition) is 2. The van der Waals surface area contributed by atoms with Crippen LogP contribution in [0.1, 0.15) is 39.5 Å². The van der Waals surface area contributed by atoms with Gasteiger partial charge in [-0.1, -0.05) is 13.8 Å². The quantitative estimate of drug-likeness (QED) is 0.756. The zero-order chi connectivity index (χ0) is 9.53. The third-order valence-electron chi connectivity index (χ3n) is 3.99. The highest BCUT2D eigenvalue weighted by molar-refractivity contribution is 8.00. The number of rotatable bonds is 3. The van der Waals surface area contributed by atoms with Crippen LogP contribution in [0, 0.1) is 11.3 Å². The fourth-order valence-corrected chi connectivity index (χ4v) is 4.60. The molecule has 0 bridgehead atoms. The summed E-state index contributed by atoms with van der Waals surface area (Å²) in [5.74, 6) is 2.30. The summed E-state index contributed by atoms with van der Waals surface area (Å²) in [5, 5.41) is 0. The second-order valence-electron chi connectivity index (χ2n) is 5.19. The molecule has 2 rings (SSSR count). The Morgan fingerprint density at radius 2 is 2.08 bits per heavy atom. The first-order valence-electron chi connectivity index (χ1n) is 5.45. The van der Waals surface area contributed by atoms with Gasteiger partial charge in [-0.25, -0.2) is 0 Å². The summed E-state index contributed by atoms with van der Waals surface area (Å²) >= 11 is 2.16. The van der Waals surface area contributed by atoms with Crippen molar-refractivity contribution in [2.45, 2.75) is 44.3 Å². The predicted molar refractivity (Wildman–Crippen MR) is 60.0 cm³/mol. The third-order valence-corrected chi connectivity index (χ3v) is 5.46. The summed E-state index contributed by atoms with van der Waals surface area (Å²) < 4.78 is 0.520. The molecule has 2 heteroatoms. The standard InChI is InChI=1S/C11H21NS/c1-10(2)9(3-8-13-10)11(4-5-11)6-7-12/h9H,3-8,12H2,1-2H3. The van der Waals surface area contributed by atoms with Gasteiger partial charge in [-0.2, -0.15) is 11.8 Å². The molecule has 0 radical (unpaired) electrons. The first kappa shape index (κ1) is 9.85. The molecule has 1 aliphatic carbocycles. The van der Waals surface area contributed by atoms with Gasteiger partial charge in [0.25, 0.3) is 0 Å². The Morgan fingerprint density at radius 1 is 1.38 bits per heavy atom. The fourth-order valence-electron chi connectivity index (χ4n) is 3.15. The van der Waals surface area contributed by atoms with Gasteiger partial charge in [-0.3, -0.25) is 0 Å². The van der Waals surface area contributed by atoms with Gasteiger partial charge >= 0.3 is 0 Å². The van der Waals surface area contributed by atoms with Crippen LogP contribution < -0.4 is 5.73 Å². The first-order chi connectivity index (χ1) is 6.11. The van der Waals surface area contributed by atoms with Crippen molar-refractivity contribution >= 4 is 11.8 Å². The van der Waals surface area contributed by atoms with Crippen molar-refractivity contribution in [3.63, 3.8) is 0 Å². The van der Waals surface area contributed by atoms with E-state index in [1.807, 2.05) is 0 Å². The zero-order valence-corrected chi connectivity index (χ0v) is 9.62. The van der Waals surface area contributed by atoms with Crippen LogP contribution in [0.25, 0.3) is 0 Å². The highest BCUT2D eigenvalue weighted by Crippen LogP contribution is 2.63. The van der Waals surface area contributed by atoms with Crippen LogP contribution >= 0.6 is 11.8 Å². The van der Waals surface area contributed by atoms with Crippen LogP contribution in [-0.4, -0.2) is 17.0 Å². The van der Waals surface area contributed by atoms with Gasteiger partial charge in [0.05, 0.1) is 0 Å². The molecule has 2 fully saturated rings. The summed E-state index contributed by atoms with van der Waals surface area (Å²) in [4.78, 5) is 0. The molecule has 1 heterocycles. The SMILES string of the molecule is CC1(C)SCCC1C1(CCN)CC1. The molecule has 0 aromatic rings. The van der Waals surface area contributed by atoms with Gasteiger partial charge < -0.3 is 5.73 Å². The average molecular weight is 199 g/mol. The van der Waals surface area contributed by atoms with Crippen LogP contribution in [0.3, 0.4) is 0 Å². The van der Waals surface area contributed by atoms with Crippen molar-refractivity contribution < 1.29 is 0 Å².